The van der Waals surface area contributed by atoms with Gasteiger partial charge in [-0.25, -0.2) is 4.98 Å². The molecule has 30 heavy (non-hydrogen) atoms. The fraction of sp³-hybridized carbons (Fsp3) is 0.200. The number of hydrogen-bond donors (Lipinski definition) is 1. The smallest absolute Gasteiger partial charge is 0.262 e. The van der Waals surface area contributed by atoms with Gasteiger partial charge >= 0.3 is 0 Å². The molecular formula is C25H24N2O3. The van der Waals surface area contributed by atoms with Crippen molar-refractivity contribution in [2.24, 2.45) is 0 Å². The van der Waals surface area contributed by atoms with Crippen molar-refractivity contribution in [1.82, 2.24) is 4.98 Å². The summed E-state index contributed by atoms with van der Waals surface area (Å²) < 4.78 is 11.5. The van der Waals surface area contributed by atoms with E-state index in [4.69, 9.17) is 9.15 Å². The summed E-state index contributed by atoms with van der Waals surface area (Å²) in [6.45, 7) is 6.16. The minimum Gasteiger partial charge on any atom is -0.484 e. The maximum atomic E-state index is 12.4. The molecule has 0 atom stereocenters. The van der Waals surface area contributed by atoms with Gasteiger partial charge in [-0.3, -0.25) is 4.79 Å². The quantitative estimate of drug-likeness (QED) is 0.435. The summed E-state index contributed by atoms with van der Waals surface area (Å²) in [6.07, 6.45) is 0. The van der Waals surface area contributed by atoms with Gasteiger partial charge in [0.05, 0.1) is 0 Å². The van der Waals surface area contributed by atoms with Crippen molar-refractivity contribution >= 4 is 22.7 Å². The van der Waals surface area contributed by atoms with E-state index in [-0.39, 0.29) is 12.5 Å². The van der Waals surface area contributed by atoms with Crippen LogP contribution in [0.3, 0.4) is 0 Å². The third-order valence-electron chi connectivity index (χ3n) is 4.97. The summed E-state index contributed by atoms with van der Waals surface area (Å²) in [4.78, 5) is 17.0. The standard InChI is InChI=1S/C25H24N2O3/c1-16(2)18-10-12-20(13-11-18)29-15-24(28)26-22-14-19(9-8-17(22)3)25-27-21-6-4-5-7-23(21)30-25/h4-14,16H,15H2,1-3H3,(H,26,28). The molecule has 4 aromatic rings. The molecule has 0 fully saturated rings. The highest BCUT2D eigenvalue weighted by molar-refractivity contribution is 5.93. The van der Waals surface area contributed by atoms with Gasteiger partial charge in [-0.2, -0.15) is 0 Å². The van der Waals surface area contributed by atoms with Gasteiger partial charge in [0.25, 0.3) is 5.91 Å². The van der Waals surface area contributed by atoms with Gasteiger partial charge in [-0.15, -0.1) is 0 Å². The molecule has 1 N–H and O–H groups in total. The van der Waals surface area contributed by atoms with Crippen LogP contribution in [0.1, 0.15) is 30.9 Å². The van der Waals surface area contributed by atoms with Gasteiger partial charge in [0.1, 0.15) is 11.3 Å². The van der Waals surface area contributed by atoms with Crippen LogP contribution in [0.2, 0.25) is 0 Å². The molecule has 3 aromatic carbocycles. The largest absolute Gasteiger partial charge is 0.484 e. The van der Waals surface area contributed by atoms with Crippen LogP contribution in [0.4, 0.5) is 5.69 Å². The number of benzene rings is 3. The van der Waals surface area contributed by atoms with E-state index in [2.05, 4.69) is 24.1 Å². The maximum absolute atomic E-state index is 12.4. The Morgan fingerprint density at radius 2 is 1.83 bits per heavy atom. The number of anilines is 1. The maximum Gasteiger partial charge on any atom is 0.262 e. The fourth-order valence-corrected chi connectivity index (χ4v) is 3.17. The average molecular weight is 400 g/mol. The number of ether oxygens (including phenoxy) is 1. The van der Waals surface area contributed by atoms with Crippen molar-refractivity contribution < 1.29 is 13.9 Å². The molecule has 0 spiro atoms. The first-order chi connectivity index (χ1) is 14.5. The molecule has 4 rings (SSSR count). The molecule has 1 aromatic heterocycles. The molecule has 1 amide bonds. The third-order valence-corrected chi connectivity index (χ3v) is 4.97. The number of rotatable bonds is 6. The Morgan fingerprint density at radius 3 is 2.57 bits per heavy atom. The molecule has 5 heteroatoms. The topological polar surface area (TPSA) is 64.4 Å². The molecule has 1 heterocycles. The van der Waals surface area contributed by atoms with E-state index in [0.29, 0.717) is 23.2 Å². The lowest BCUT2D eigenvalue weighted by atomic mass is 10.0. The van der Waals surface area contributed by atoms with Crippen molar-refractivity contribution in [2.45, 2.75) is 26.7 Å². The Morgan fingerprint density at radius 1 is 1.07 bits per heavy atom. The molecule has 0 aliphatic carbocycles. The lowest BCUT2D eigenvalue weighted by Crippen LogP contribution is -2.20. The normalized spacial score (nSPS) is 11.1. The third kappa shape index (κ3) is 4.35. The predicted molar refractivity (Wildman–Crippen MR) is 119 cm³/mol. The summed E-state index contributed by atoms with van der Waals surface area (Å²) in [7, 11) is 0. The Balaban J connectivity index is 1.44. The van der Waals surface area contributed by atoms with Crippen molar-refractivity contribution in [1.29, 1.82) is 0 Å². The zero-order valence-electron chi connectivity index (χ0n) is 17.3. The van der Waals surface area contributed by atoms with Crippen molar-refractivity contribution in [2.75, 3.05) is 11.9 Å². The van der Waals surface area contributed by atoms with Crippen molar-refractivity contribution in [3.8, 4) is 17.2 Å². The number of oxazole rings is 1. The Bertz CT molecular complexity index is 1140. The Labute approximate surface area is 175 Å². The summed E-state index contributed by atoms with van der Waals surface area (Å²) in [6, 6.07) is 21.2. The van der Waals surface area contributed by atoms with E-state index in [1.165, 1.54) is 5.56 Å². The number of carbonyl (C=O) groups excluding carboxylic acids is 1. The second-order valence-corrected chi connectivity index (χ2v) is 7.58. The zero-order valence-corrected chi connectivity index (χ0v) is 17.3. The SMILES string of the molecule is Cc1ccc(-c2nc3ccccc3o2)cc1NC(=O)COc1ccc(C(C)C)cc1. The van der Waals surface area contributed by atoms with Gasteiger partial charge in [0.2, 0.25) is 5.89 Å². The first-order valence-corrected chi connectivity index (χ1v) is 9.99. The summed E-state index contributed by atoms with van der Waals surface area (Å²) in [5, 5.41) is 2.92. The molecule has 5 nitrogen and oxygen atoms in total. The molecule has 0 bridgehead atoms. The summed E-state index contributed by atoms with van der Waals surface area (Å²) >= 11 is 0. The van der Waals surface area contributed by atoms with Gasteiger partial charge in [0, 0.05) is 11.3 Å². The highest BCUT2D eigenvalue weighted by Gasteiger charge is 2.12. The van der Waals surface area contributed by atoms with Crippen LogP contribution in [0, 0.1) is 6.92 Å². The van der Waals surface area contributed by atoms with Crippen molar-refractivity contribution in [3.63, 3.8) is 0 Å². The average Bonchev–Trinajstić information content (AvgIpc) is 3.18. The minimum absolute atomic E-state index is 0.0619. The van der Waals surface area contributed by atoms with Crippen LogP contribution in [0.5, 0.6) is 5.75 Å². The first kappa shape index (κ1) is 19.7. The molecule has 0 radical (unpaired) electrons. The summed E-state index contributed by atoms with van der Waals surface area (Å²) in [5.41, 5.74) is 5.23. The molecular weight excluding hydrogens is 376 g/mol. The van der Waals surface area contributed by atoms with Gasteiger partial charge in [0.15, 0.2) is 12.2 Å². The number of carbonyl (C=O) groups is 1. The Hall–Kier alpha value is -3.60. The van der Waals surface area contributed by atoms with Crippen LogP contribution in [-0.2, 0) is 4.79 Å². The molecule has 0 unspecified atom stereocenters. The lowest BCUT2D eigenvalue weighted by molar-refractivity contribution is -0.118. The number of fused-ring (bicyclic) bond motifs is 1. The van der Waals surface area contributed by atoms with Crippen LogP contribution >= 0.6 is 0 Å². The van der Waals surface area contributed by atoms with Crippen LogP contribution < -0.4 is 10.1 Å². The number of nitrogens with one attached hydrogen (secondary N) is 1. The second-order valence-electron chi connectivity index (χ2n) is 7.58. The number of amides is 1. The molecule has 0 aliphatic rings. The van der Waals surface area contributed by atoms with E-state index in [0.717, 1.165) is 22.2 Å². The molecule has 0 aliphatic heterocycles. The van der Waals surface area contributed by atoms with E-state index >= 15 is 0 Å². The van der Waals surface area contributed by atoms with E-state index in [1.54, 1.807) is 0 Å². The molecule has 0 saturated carbocycles. The minimum atomic E-state index is -0.222. The van der Waals surface area contributed by atoms with Gasteiger partial charge < -0.3 is 14.5 Å². The number of hydrogen-bond acceptors (Lipinski definition) is 4. The highest BCUT2D eigenvalue weighted by atomic mass is 16.5. The number of aromatic nitrogens is 1. The monoisotopic (exact) mass is 400 g/mol. The van der Waals surface area contributed by atoms with Crippen molar-refractivity contribution in [3.05, 3.63) is 77.9 Å². The number of aryl methyl sites for hydroxylation is 1. The lowest BCUT2D eigenvalue weighted by Gasteiger charge is -2.11. The van der Waals surface area contributed by atoms with E-state index in [1.807, 2.05) is 73.7 Å². The van der Waals surface area contributed by atoms with Crippen LogP contribution in [0.25, 0.3) is 22.6 Å². The van der Waals surface area contributed by atoms with Crippen LogP contribution in [-0.4, -0.2) is 17.5 Å². The zero-order chi connectivity index (χ0) is 21.1. The van der Waals surface area contributed by atoms with Gasteiger partial charge in [-0.05, 0) is 60.4 Å². The fourth-order valence-electron chi connectivity index (χ4n) is 3.17. The summed E-state index contributed by atoms with van der Waals surface area (Å²) in [5.74, 6) is 1.43. The van der Waals surface area contributed by atoms with Crippen LogP contribution in [0.15, 0.2) is 71.1 Å². The number of nitrogens with zero attached hydrogens (tertiary/aromatic N) is 1. The predicted octanol–water partition coefficient (Wildman–Crippen LogP) is 5.94. The Kier molecular flexibility index (Phi) is 5.53. The first-order valence-electron chi connectivity index (χ1n) is 9.99. The van der Waals surface area contributed by atoms with E-state index in [9.17, 15) is 4.79 Å². The highest BCUT2D eigenvalue weighted by Crippen LogP contribution is 2.28. The molecule has 0 saturated heterocycles. The van der Waals surface area contributed by atoms with Gasteiger partial charge in [-0.1, -0.05) is 44.2 Å². The number of para-hydroxylation sites is 2. The van der Waals surface area contributed by atoms with E-state index < -0.39 is 0 Å². The molecule has 152 valence electrons. The second kappa shape index (κ2) is 8.41.